The molecule has 3 heterocycles. The predicted molar refractivity (Wildman–Crippen MR) is 106 cm³/mol. The third-order valence-electron chi connectivity index (χ3n) is 5.78. The summed E-state index contributed by atoms with van der Waals surface area (Å²) in [5.41, 5.74) is 1.98. The highest BCUT2D eigenvalue weighted by Crippen LogP contribution is 2.36. The Kier molecular flexibility index (Phi) is 3.91. The second-order valence-corrected chi connectivity index (χ2v) is 9.25. The Morgan fingerprint density at radius 2 is 1.85 bits per heavy atom. The van der Waals surface area contributed by atoms with Gasteiger partial charge >= 0.3 is 0 Å². The van der Waals surface area contributed by atoms with Crippen LogP contribution in [0.4, 0.5) is 5.69 Å². The number of nitrogens with zero attached hydrogens (tertiary/aromatic N) is 2. The van der Waals surface area contributed by atoms with E-state index < -0.39 is 9.84 Å². The van der Waals surface area contributed by atoms with Crippen molar-refractivity contribution in [2.75, 3.05) is 24.5 Å². The topological polar surface area (TPSA) is 62.3 Å². The molecule has 1 N–H and O–H groups in total. The minimum Gasteiger partial charge on any atom is -0.365 e. The van der Waals surface area contributed by atoms with Crippen LogP contribution in [-0.2, 0) is 9.84 Å². The quantitative estimate of drug-likeness (QED) is 0.758. The van der Waals surface area contributed by atoms with Crippen molar-refractivity contribution in [3.05, 3.63) is 60.8 Å². The average Bonchev–Trinajstić information content (AvgIpc) is 3.32. The number of para-hydroxylation sites is 1. The number of sulfone groups is 1. The number of nitrogens with one attached hydrogen (secondary N) is 1. The van der Waals surface area contributed by atoms with Crippen molar-refractivity contribution in [2.24, 2.45) is 5.92 Å². The highest BCUT2D eigenvalue weighted by molar-refractivity contribution is 7.91. The average molecular weight is 379 g/mol. The summed E-state index contributed by atoms with van der Waals surface area (Å²) in [6, 6.07) is 16.8. The van der Waals surface area contributed by atoms with Gasteiger partial charge in [-0.2, -0.15) is 0 Å². The molecular formula is C21H21N3O2S. The maximum Gasteiger partial charge on any atom is 0.208 e. The first-order valence-corrected chi connectivity index (χ1v) is 10.8. The van der Waals surface area contributed by atoms with Gasteiger partial charge in [-0.1, -0.05) is 30.3 Å². The number of hydrogen-bond donors (Lipinski definition) is 1. The van der Waals surface area contributed by atoms with Gasteiger partial charge < -0.3 is 10.2 Å². The fourth-order valence-corrected chi connectivity index (χ4v) is 5.65. The van der Waals surface area contributed by atoms with Gasteiger partial charge in [0.25, 0.3) is 0 Å². The first-order chi connectivity index (χ1) is 13.1. The second kappa shape index (κ2) is 6.32. The van der Waals surface area contributed by atoms with Crippen molar-refractivity contribution < 1.29 is 8.42 Å². The highest BCUT2D eigenvalue weighted by atomic mass is 32.2. The van der Waals surface area contributed by atoms with Gasteiger partial charge in [-0.05, 0) is 36.6 Å². The smallest absolute Gasteiger partial charge is 0.208 e. The largest absolute Gasteiger partial charge is 0.365 e. The Balaban J connectivity index is 1.58. The first kappa shape index (κ1) is 16.7. The van der Waals surface area contributed by atoms with E-state index >= 15 is 0 Å². The van der Waals surface area contributed by atoms with E-state index in [0.717, 1.165) is 36.2 Å². The molecule has 0 radical (unpaired) electrons. The molecule has 3 aromatic rings. The van der Waals surface area contributed by atoms with E-state index in [1.807, 2.05) is 18.2 Å². The molecule has 27 heavy (non-hydrogen) atoms. The number of pyridine rings is 1. The summed E-state index contributed by atoms with van der Waals surface area (Å²) in [5, 5.41) is 4.34. The summed E-state index contributed by atoms with van der Waals surface area (Å²) >= 11 is 0. The van der Waals surface area contributed by atoms with Gasteiger partial charge in [-0.15, -0.1) is 0 Å². The van der Waals surface area contributed by atoms with Crippen LogP contribution in [-0.4, -0.2) is 39.1 Å². The van der Waals surface area contributed by atoms with Crippen LogP contribution >= 0.6 is 0 Å². The zero-order valence-electron chi connectivity index (χ0n) is 14.9. The SMILES string of the molecule is O=S(=O)(c1ccccc1)c1cnc2c(N3CC[C@H]4CNC[C@H]43)cccc2c1. The Hall–Kier alpha value is -2.44. The van der Waals surface area contributed by atoms with E-state index in [1.165, 1.54) is 12.6 Å². The highest BCUT2D eigenvalue weighted by Gasteiger charge is 2.38. The number of anilines is 1. The molecule has 5 nitrogen and oxygen atoms in total. The molecule has 5 rings (SSSR count). The fourth-order valence-electron chi connectivity index (χ4n) is 4.39. The van der Waals surface area contributed by atoms with Crippen molar-refractivity contribution in [3.8, 4) is 0 Å². The molecule has 2 aromatic carbocycles. The number of fused-ring (bicyclic) bond motifs is 2. The number of aromatic nitrogens is 1. The summed E-state index contributed by atoms with van der Waals surface area (Å²) in [4.78, 5) is 7.56. The van der Waals surface area contributed by atoms with E-state index in [4.69, 9.17) is 0 Å². The molecule has 0 bridgehead atoms. The summed E-state index contributed by atoms with van der Waals surface area (Å²) in [6.45, 7) is 3.11. The molecule has 2 atom stereocenters. The van der Waals surface area contributed by atoms with Gasteiger partial charge in [0.15, 0.2) is 0 Å². The molecule has 0 spiro atoms. The molecule has 2 fully saturated rings. The van der Waals surface area contributed by atoms with Crippen LogP contribution in [0.2, 0.25) is 0 Å². The molecule has 0 unspecified atom stereocenters. The summed E-state index contributed by atoms with van der Waals surface area (Å²) in [5.74, 6) is 0.693. The normalized spacial score (nSPS) is 22.3. The summed E-state index contributed by atoms with van der Waals surface area (Å²) < 4.78 is 25.8. The molecule has 0 saturated carbocycles. The monoisotopic (exact) mass is 379 g/mol. The van der Waals surface area contributed by atoms with Gasteiger partial charge in [0.2, 0.25) is 9.84 Å². The van der Waals surface area contributed by atoms with Crippen molar-refractivity contribution in [2.45, 2.75) is 22.3 Å². The lowest BCUT2D eigenvalue weighted by atomic mass is 10.0. The molecule has 2 saturated heterocycles. The van der Waals surface area contributed by atoms with E-state index in [0.29, 0.717) is 16.9 Å². The second-order valence-electron chi connectivity index (χ2n) is 7.30. The summed E-state index contributed by atoms with van der Waals surface area (Å²) in [6.07, 6.45) is 2.68. The first-order valence-electron chi connectivity index (χ1n) is 9.31. The summed E-state index contributed by atoms with van der Waals surface area (Å²) in [7, 11) is -3.56. The van der Waals surface area contributed by atoms with Gasteiger partial charge in [0, 0.05) is 37.3 Å². The van der Waals surface area contributed by atoms with E-state index in [-0.39, 0.29) is 4.90 Å². The predicted octanol–water partition coefficient (Wildman–Crippen LogP) is 2.87. The van der Waals surface area contributed by atoms with Gasteiger partial charge in [0.05, 0.1) is 21.0 Å². The minimum atomic E-state index is -3.56. The van der Waals surface area contributed by atoms with Crippen molar-refractivity contribution in [3.63, 3.8) is 0 Å². The van der Waals surface area contributed by atoms with E-state index in [1.54, 1.807) is 30.3 Å². The molecule has 0 aliphatic carbocycles. The molecule has 1 aromatic heterocycles. The van der Waals surface area contributed by atoms with E-state index in [9.17, 15) is 8.42 Å². The molecule has 138 valence electrons. The van der Waals surface area contributed by atoms with Gasteiger partial charge in [0.1, 0.15) is 0 Å². The van der Waals surface area contributed by atoms with Crippen LogP contribution in [0.1, 0.15) is 6.42 Å². The van der Waals surface area contributed by atoms with Crippen molar-refractivity contribution in [1.29, 1.82) is 0 Å². The maximum atomic E-state index is 12.9. The lowest BCUT2D eigenvalue weighted by Crippen LogP contribution is -2.34. The molecule has 2 aliphatic rings. The number of benzene rings is 2. The van der Waals surface area contributed by atoms with Crippen LogP contribution in [0.25, 0.3) is 10.9 Å². The molecule has 6 heteroatoms. The van der Waals surface area contributed by atoms with Crippen molar-refractivity contribution >= 4 is 26.4 Å². The van der Waals surface area contributed by atoms with Crippen LogP contribution in [0.5, 0.6) is 0 Å². The standard InChI is InChI=1S/C21H21N3O2S/c25-27(26,17-6-2-1-3-7-17)18-11-15-5-4-8-19(21(15)23-13-18)24-10-9-16-12-22-14-20(16)24/h1-8,11,13,16,20,22H,9-10,12,14H2/t16-,20+/m0/s1. The van der Waals surface area contributed by atoms with Crippen LogP contribution in [0.15, 0.2) is 70.6 Å². The zero-order valence-corrected chi connectivity index (χ0v) is 15.7. The Morgan fingerprint density at radius 1 is 1.00 bits per heavy atom. The van der Waals surface area contributed by atoms with Crippen LogP contribution in [0, 0.1) is 5.92 Å². The molecule has 2 aliphatic heterocycles. The number of rotatable bonds is 3. The maximum absolute atomic E-state index is 12.9. The van der Waals surface area contributed by atoms with E-state index in [2.05, 4.69) is 21.3 Å². The zero-order chi connectivity index (χ0) is 18.4. The Labute approximate surface area is 159 Å². The third kappa shape index (κ3) is 2.71. The Bertz CT molecular complexity index is 1100. The van der Waals surface area contributed by atoms with Gasteiger partial charge in [-0.25, -0.2) is 8.42 Å². The van der Waals surface area contributed by atoms with Crippen LogP contribution < -0.4 is 10.2 Å². The fraction of sp³-hybridized carbons (Fsp3) is 0.286. The molecule has 0 amide bonds. The molecular weight excluding hydrogens is 358 g/mol. The van der Waals surface area contributed by atoms with Crippen molar-refractivity contribution in [1.82, 2.24) is 10.3 Å². The third-order valence-corrected chi connectivity index (χ3v) is 7.52. The number of hydrogen-bond acceptors (Lipinski definition) is 5. The Morgan fingerprint density at radius 3 is 2.70 bits per heavy atom. The lowest BCUT2D eigenvalue weighted by Gasteiger charge is -2.26. The minimum absolute atomic E-state index is 0.236. The van der Waals surface area contributed by atoms with Gasteiger partial charge in [-0.3, -0.25) is 4.98 Å². The lowest BCUT2D eigenvalue weighted by molar-refractivity contribution is 0.579. The van der Waals surface area contributed by atoms with Crippen LogP contribution in [0.3, 0.4) is 0 Å².